The van der Waals surface area contributed by atoms with Crippen LogP contribution >= 0.6 is 0 Å². The van der Waals surface area contributed by atoms with Gasteiger partial charge in [-0.15, -0.1) is 0 Å². The Morgan fingerprint density at radius 3 is 2.21 bits per heavy atom. The fourth-order valence-electron chi connectivity index (χ4n) is 1.51. The number of nitrogens with one attached hydrogen (secondary N) is 1. The molecule has 0 aromatic heterocycles. The predicted octanol–water partition coefficient (Wildman–Crippen LogP) is 2.54. The highest BCUT2D eigenvalue weighted by molar-refractivity contribution is 5.75. The van der Waals surface area contributed by atoms with Crippen molar-refractivity contribution in [2.24, 2.45) is 5.41 Å². The largest absolute Gasteiger partial charge is 0.481 e. The minimum atomic E-state index is -0.875. The van der Waals surface area contributed by atoms with Crippen LogP contribution in [-0.2, 0) is 11.3 Å². The fourth-order valence-corrected chi connectivity index (χ4v) is 1.51. The van der Waals surface area contributed by atoms with Crippen molar-refractivity contribution in [3.05, 3.63) is 35.4 Å². The number of carboxylic acids is 1. The van der Waals surface area contributed by atoms with Crippen LogP contribution in [0.2, 0.25) is 0 Å². The van der Waals surface area contributed by atoms with E-state index in [1.807, 2.05) is 26.0 Å². The van der Waals surface area contributed by atoms with Crippen molar-refractivity contribution in [2.75, 3.05) is 0 Å². The molecule has 102 valence electrons. The highest BCUT2D eigenvalue weighted by Crippen LogP contribution is 2.30. The summed E-state index contributed by atoms with van der Waals surface area (Å²) in [6.07, 6.45) is 0. The SMILES string of the molecule is CC(C)(NCc1ccc(C#N)cc1)C(C)(C)C(=O)O. The molecule has 0 bridgehead atoms. The summed E-state index contributed by atoms with van der Waals surface area (Å²) >= 11 is 0. The molecule has 0 heterocycles. The average Bonchev–Trinajstić information content (AvgIpc) is 2.36. The first kappa shape index (κ1) is 15.2. The molecule has 4 heteroatoms. The van der Waals surface area contributed by atoms with Gasteiger partial charge in [0.05, 0.1) is 17.0 Å². The molecule has 1 aromatic rings. The van der Waals surface area contributed by atoms with Gasteiger partial charge >= 0.3 is 5.97 Å². The van der Waals surface area contributed by atoms with Gasteiger partial charge in [0.25, 0.3) is 0 Å². The van der Waals surface area contributed by atoms with E-state index in [9.17, 15) is 9.90 Å². The Bertz CT molecular complexity index is 496. The molecule has 0 fully saturated rings. The summed E-state index contributed by atoms with van der Waals surface area (Å²) in [5, 5.41) is 21.3. The van der Waals surface area contributed by atoms with Crippen molar-refractivity contribution in [2.45, 2.75) is 39.8 Å². The van der Waals surface area contributed by atoms with Gasteiger partial charge in [-0.2, -0.15) is 5.26 Å². The minimum Gasteiger partial charge on any atom is -0.481 e. The molecule has 0 saturated heterocycles. The second kappa shape index (κ2) is 5.41. The van der Waals surface area contributed by atoms with Crippen LogP contribution in [0.3, 0.4) is 0 Å². The Morgan fingerprint density at radius 2 is 1.79 bits per heavy atom. The number of carboxylic acid groups (broad SMARTS) is 1. The van der Waals surface area contributed by atoms with Gasteiger partial charge in [-0.1, -0.05) is 12.1 Å². The van der Waals surface area contributed by atoms with Crippen LogP contribution in [0.4, 0.5) is 0 Å². The van der Waals surface area contributed by atoms with Gasteiger partial charge in [-0.25, -0.2) is 0 Å². The van der Waals surface area contributed by atoms with Crippen LogP contribution in [0.1, 0.15) is 38.8 Å². The fraction of sp³-hybridized carbons (Fsp3) is 0.467. The lowest BCUT2D eigenvalue weighted by Crippen LogP contribution is -2.54. The smallest absolute Gasteiger partial charge is 0.310 e. The number of hydrogen-bond acceptors (Lipinski definition) is 3. The molecule has 1 aromatic carbocycles. The maximum Gasteiger partial charge on any atom is 0.310 e. The number of aliphatic carboxylic acids is 1. The monoisotopic (exact) mass is 260 g/mol. The summed E-state index contributed by atoms with van der Waals surface area (Å²) in [5.41, 5.74) is 0.217. The summed E-state index contributed by atoms with van der Waals surface area (Å²) in [7, 11) is 0. The average molecular weight is 260 g/mol. The molecule has 0 amide bonds. The number of nitriles is 1. The molecule has 0 saturated carbocycles. The van der Waals surface area contributed by atoms with Gasteiger partial charge in [-0.3, -0.25) is 4.79 Å². The first-order valence-corrected chi connectivity index (χ1v) is 6.18. The summed E-state index contributed by atoms with van der Waals surface area (Å²) in [4.78, 5) is 11.3. The Balaban J connectivity index is 2.75. The Hall–Kier alpha value is -1.86. The van der Waals surface area contributed by atoms with E-state index in [2.05, 4.69) is 11.4 Å². The maximum absolute atomic E-state index is 11.3. The van der Waals surface area contributed by atoms with Crippen LogP contribution in [0.25, 0.3) is 0 Å². The molecule has 0 radical (unpaired) electrons. The second-order valence-corrected chi connectivity index (χ2v) is 5.72. The van der Waals surface area contributed by atoms with Crippen molar-refractivity contribution < 1.29 is 9.90 Å². The molecule has 0 spiro atoms. The number of nitrogens with zero attached hydrogens (tertiary/aromatic N) is 1. The van der Waals surface area contributed by atoms with Gasteiger partial charge in [-0.05, 0) is 45.4 Å². The van der Waals surface area contributed by atoms with E-state index in [1.54, 1.807) is 26.0 Å². The lowest BCUT2D eigenvalue weighted by atomic mass is 9.74. The number of carbonyl (C=O) groups is 1. The summed E-state index contributed by atoms with van der Waals surface area (Å²) in [6.45, 7) is 7.74. The number of rotatable bonds is 5. The lowest BCUT2D eigenvalue weighted by molar-refractivity contribution is -0.151. The number of benzene rings is 1. The minimum absolute atomic E-state index is 0.549. The zero-order chi connectivity index (χ0) is 14.7. The molecule has 19 heavy (non-hydrogen) atoms. The highest BCUT2D eigenvalue weighted by atomic mass is 16.4. The number of hydrogen-bond donors (Lipinski definition) is 2. The Morgan fingerprint density at radius 1 is 1.26 bits per heavy atom. The third kappa shape index (κ3) is 3.33. The topological polar surface area (TPSA) is 73.1 Å². The van der Waals surface area contributed by atoms with Gasteiger partial charge in [0, 0.05) is 12.1 Å². The second-order valence-electron chi connectivity index (χ2n) is 5.72. The normalized spacial score (nSPS) is 11.9. The van der Waals surface area contributed by atoms with Crippen LogP contribution < -0.4 is 5.32 Å². The van der Waals surface area contributed by atoms with Crippen molar-refractivity contribution in [1.29, 1.82) is 5.26 Å². The summed E-state index contributed by atoms with van der Waals surface area (Å²) < 4.78 is 0. The van der Waals surface area contributed by atoms with Crippen LogP contribution in [-0.4, -0.2) is 16.6 Å². The molecule has 0 aliphatic carbocycles. The lowest BCUT2D eigenvalue weighted by Gasteiger charge is -2.39. The van der Waals surface area contributed by atoms with E-state index in [-0.39, 0.29) is 0 Å². The van der Waals surface area contributed by atoms with E-state index in [1.165, 1.54) is 0 Å². The van der Waals surface area contributed by atoms with Gasteiger partial charge in [0.1, 0.15) is 0 Å². The molecular formula is C15H20N2O2. The molecule has 2 N–H and O–H groups in total. The van der Waals surface area contributed by atoms with E-state index >= 15 is 0 Å². The molecule has 0 atom stereocenters. The quantitative estimate of drug-likeness (QED) is 0.853. The Kier molecular flexibility index (Phi) is 4.33. The Labute approximate surface area is 114 Å². The summed E-state index contributed by atoms with van der Waals surface area (Å²) in [5.74, 6) is -0.829. The van der Waals surface area contributed by atoms with Gasteiger partial charge in [0.15, 0.2) is 0 Å². The molecule has 1 rings (SSSR count). The van der Waals surface area contributed by atoms with Crippen molar-refractivity contribution in [1.82, 2.24) is 5.32 Å². The van der Waals surface area contributed by atoms with E-state index in [0.29, 0.717) is 12.1 Å². The third-order valence-electron chi connectivity index (χ3n) is 3.91. The predicted molar refractivity (Wildman–Crippen MR) is 73.5 cm³/mol. The van der Waals surface area contributed by atoms with Crippen molar-refractivity contribution in [3.8, 4) is 6.07 Å². The van der Waals surface area contributed by atoms with Crippen LogP contribution in [0, 0.1) is 16.7 Å². The first-order valence-electron chi connectivity index (χ1n) is 6.18. The molecule has 0 aliphatic heterocycles. The first-order chi connectivity index (χ1) is 8.70. The van der Waals surface area contributed by atoms with Crippen molar-refractivity contribution in [3.63, 3.8) is 0 Å². The molecule has 0 unspecified atom stereocenters. The van der Waals surface area contributed by atoms with E-state index in [4.69, 9.17) is 5.26 Å². The zero-order valence-corrected chi connectivity index (χ0v) is 11.8. The third-order valence-corrected chi connectivity index (χ3v) is 3.91. The molecular weight excluding hydrogens is 240 g/mol. The summed E-state index contributed by atoms with van der Waals surface area (Å²) in [6, 6.07) is 9.32. The maximum atomic E-state index is 11.3. The standard InChI is InChI=1S/C15H20N2O2/c1-14(2,13(18)19)15(3,4)17-10-12-7-5-11(9-16)6-8-12/h5-8,17H,10H2,1-4H3,(H,18,19). The van der Waals surface area contributed by atoms with Crippen molar-refractivity contribution >= 4 is 5.97 Å². The van der Waals surface area contributed by atoms with E-state index in [0.717, 1.165) is 5.56 Å². The molecule has 4 nitrogen and oxygen atoms in total. The van der Waals surface area contributed by atoms with E-state index < -0.39 is 16.9 Å². The molecule has 0 aliphatic rings. The van der Waals surface area contributed by atoms with Crippen LogP contribution in [0.15, 0.2) is 24.3 Å². The highest BCUT2D eigenvalue weighted by Gasteiger charge is 2.42. The van der Waals surface area contributed by atoms with Crippen LogP contribution in [0.5, 0.6) is 0 Å². The van der Waals surface area contributed by atoms with Gasteiger partial charge < -0.3 is 10.4 Å². The zero-order valence-electron chi connectivity index (χ0n) is 11.8. The van der Waals surface area contributed by atoms with Gasteiger partial charge in [0.2, 0.25) is 0 Å².